The summed E-state index contributed by atoms with van der Waals surface area (Å²) in [6.07, 6.45) is 2.25. The van der Waals surface area contributed by atoms with Gasteiger partial charge in [0.05, 0.1) is 11.2 Å². The molecule has 0 radical (unpaired) electrons. The first kappa shape index (κ1) is 14.0. The molecule has 2 nitrogen and oxygen atoms in total. The van der Waals surface area contributed by atoms with Gasteiger partial charge in [-0.1, -0.05) is 20.8 Å². The first-order chi connectivity index (χ1) is 7.14. The SMILES string of the molecule is CC(C)C[C@H](C)CB1OC(C)(C)C(C)(C)O1. The van der Waals surface area contributed by atoms with E-state index >= 15 is 0 Å². The van der Waals surface area contributed by atoms with E-state index in [2.05, 4.69) is 48.5 Å². The van der Waals surface area contributed by atoms with Crippen LogP contribution in [0.4, 0.5) is 0 Å². The van der Waals surface area contributed by atoms with E-state index in [0.717, 1.165) is 12.2 Å². The predicted octanol–water partition coefficient (Wildman–Crippen LogP) is 3.76. The van der Waals surface area contributed by atoms with E-state index in [-0.39, 0.29) is 18.3 Å². The van der Waals surface area contributed by atoms with Crippen molar-refractivity contribution in [2.24, 2.45) is 11.8 Å². The summed E-state index contributed by atoms with van der Waals surface area (Å²) in [7, 11) is -0.0289. The standard InChI is InChI=1S/C13H27BO2/c1-10(2)8-11(3)9-14-15-12(4,5)13(6,7)16-14/h10-11H,8-9H2,1-7H3/t11-/m0/s1. The van der Waals surface area contributed by atoms with E-state index in [9.17, 15) is 0 Å². The Hall–Kier alpha value is -0.0151. The smallest absolute Gasteiger partial charge is 0.403 e. The number of rotatable bonds is 4. The largest absolute Gasteiger partial charge is 0.458 e. The lowest BCUT2D eigenvalue weighted by Gasteiger charge is -2.32. The van der Waals surface area contributed by atoms with Crippen LogP contribution < -0.4 is 0 Å². The molecule has 1 saturated heterocycles. The molecule has 1 aliphatic rings. The van der Waals surface area contributed by atoms with Crippen LogP contribution in [0.2, 0.25) is 6.32 Å². The summed E-state index contributed by atoms with van der Waals surface area (Å²) in [5.41, 5.74) is -0.371. The molecule has 0 saturated carbocycles. The van der Waals surface area contributed by atoms with E-state index in [1.807, 2.05) is 0 Å². The third-order valence-electron chi connectivity index (χ3n) is 3.77. The van der Waals surface area contributed by atoms with Crippen LogP contribution in [0, 0.1) is 11.8 Å². The highest BCUT2D eigenvalue weighted by molar-refractivity contribution is 6.45. The van der Waals surface area contributed by atoms with Crippen LogP contribution in [0.5, 0.6) is 0 Å². The van der Waals surface area contributed by atoms with E-state index in [0.29, 0.717) is 5.92 Å². The van der Waals surface area contributed by atoms with Gasteiger partial charge in [0.2, 0.25) is 0 Å². The van der Waals surface area contributed by atoms with E-state index in [1.165, 1.54) is 6.42 Å². The van der Waals surface area contributed by atoms with Crippen LogP contribution in [0.1, 0.15) is 54.9 Å². The highest BCUT2D eigenvalue weighted by atomic mass is 16.7. The topological polar surface area (TPSA) is 18.5 Å². The lowest BCUT2D eigenvalue weighted by Crippen LogP contribution is -2.41. The van der Waals surface area contributed by atoms with Crippen molar-refractivity contribution < 1.29 is 9.31 Å². The third-order valence-corrected chi connectivity index (χ3v) is 3.77. The Kier molecular flexibility index (Phi) is 4.12. The summed E-state index contributed by atoms with van der Waals surface area (Å²) >= 11 is 0. The van der Waals surface area contributed by atoms with Gasteiger partial charge in [-0.05, 0) is 52.3 Å². The summed E-state index contributed by atoms with van der Waals surface area (Å²) in [6, 6.07) is 0. The Bertz CT molecular complexity index is 220. The van der Waals surface area contributed by atoms with Crippen molar-refractivity contribution in [2.45, 2.75) is 72.4 Å². The summed E-state index contributed by atoms with van der Waals surface area (Å²) in [5.74, 6) is 1.41. The Morgan fingerprint density at radius 1 is 0.938 bits per heavy atom. The molecular formula is C13H27BO2. The summed E-state index contributed by atoms with van der Waals surface area (Å²) < 4.78 is 12.0. The lowest BCUT2D eigenvalue weighted by atomic mass is 9.75. The van der Waals surface area contributed by atoms with Gasteiger partial charge in [-0.25, -0.2) is 0 Å². The zero-order valence-electron chi connectivity index (χ0n) is 12.0. The maximum atomic E-state index is 5.99. The lowest BCUT2D eigenvalue weighted by molar-refractivity contribution is 0.00578. The van der Waals surface area contributed by atoms with Gasteiger partial charge in [0.25, 0.3) is 0 Å². The first-order valence-corrected chi connectivity index (χ1v) is 6.49. The minimum absolute atomic E-state index is 0.0289. The molecule has 0 aromatic heterocycles. The van der Waals surface area contributed by atoms with Crippen molar-refractivity contribution in [3.63, 3.8) is 0 Å². The highest BCUT2D eigenvalue weighted by Crippen LogP contribution is 2.38. The van der Waals surface area contributed by atoms with Crippen molar-refractivity contribution in [1.82, 2.24) is 0 Å². The summed E-state index contributed by atoms with van der Waals surface area (Å²) in [6.45, 7) is 15.3. The van der Waals surface area contributed by atoms with Crippen molar-refractivity contribution in [3.8, 4) is 0 Å². The molecule has 0 aromatic rings. The Labute approximate surface area is 101 Å². The Morgan fingerprint density at radius 2 is 1.38 bits per heavy atom. The molecule has 0 spiro atoms. The molecule has 16 heavy (non-hydrogen) atoms. The molecular weight excluding hydrogens is 199 g/mol. The first-order valence-electron chi connectivity index (χ1n) is 6.49. The molecule has 1 rings (SSSR count). The Morgan fingerprint density at radius 3 is 1.75 bits per heavy atom. The molecule has 94 valence electrons. The van der Waals surface area contributed by atoms with Crippen LogP contribution in [0.25, 0.3) is 0 Å². The Balaban J connectivity index is 2.48. The monoisotopic (exact) mass is 226 g/mol. The van der Waals surface area contributed by atoms with Crippen molar-refractivity contribution in [3.05, 3.63) is 0 Å². The summed E-state index contributed by atoms with van der Waals surface area (Å²) in [4.78, 5) is 0. The van der Waals surface area contributed by atoms with Crippen molar-refractivity contribution in [2.75, 3.05) is 0 Å². The van der Waals surface area contributed by atoms with E-state index in [4.69, 9.17) is 9.31 Å². The van der Waals surface area contributed by atoms with Gasteiger partial charge >= 0.3 is 7.12 Å². The van der Waals surface area contributed by atoms with Gasteiger partial charge in [-0.15, -0.1) is 0 Å². The second-order valence-electron chi connectivity index (χ2n) is 6.66. The molecule has 1 aliphatic heterocycles. The minimum Gasteiger partial charge on any atom is -0.403 e. The van der Waals surface area contributed by atoms with E-state index in [1.54, 1.807) is 0 Å². The molecule has 0 aliphatic carbocycles. The normalized spacial score (nSPS) is 25.1. The van der Waals surface area contributed by atoms with Crippen LogP contribution in [-0.4, -0.2) is 18.3 Å². The van der Waals surface area contributed by atoms with Gasteiger partial charge in [0, 0.05) is 0 Å². The average molecular weight is 226 g/mol. The van der Waals surface area contributed by atoms with Crippen molar-refractivity contribution in [1.29, 1.82) is 0 Å². The molecule has 1 heterocycles. The molecule has 0 N–H and O–H groups in total. The maximum absolute atomic E-state index is 5.99. The zero-order valence-corrected chi connectivity index (χ0v) is 12.0. The van der Waals surface area contributed by atoms with Crippen molar-refractivity contribution >= 4 is 7.12 Å². The summed E-state index contributed by atoms with van der Waals surface area (Å²) in [5, 5.41) is 0. The van der Waals surface area contributed by atoms with E-state index < -0.39 is 0 Å². The molecule has 1 atom stereocenters. The van der Waals surface area contributed by atoms with Crippen LogP contribution >= 0.6 is 0 Å². The predicted molar refractivity (Wildman–Crippen MR) is 69.5 cm³/mol. The molecule has 0 amide bonds. The highest BCUT2D eigenvalue weighted by Gasteiger charge is 2.50. The van der Waals surface area contributed by atoms with Gasteiger partial charge in [0.15, 0.2) is 0 Å². The molecule has 0 unspecified atom stereocenters. The van der Waals surface area contributed by atoms with Gasteiger partial charge in [-0.2, -0.15) is 0 Å². The zero-order chi connectivity index (χ0) is 12.6. The maximum Gasteiger partial charge on any atom is 0.458 e. The number of hydrogen-bond donors (Lipinski definition) is 0. The molecule has 0 bridgehead atoms. The average Bonchev–Trinajstić information content (AvgIpc) is 2.16. The van der Waals surface area contributed by atoms with Crippen LogP contribution in [-0.2, 0) is 9.31 Å². The third kappa shape index (κ3) is 3.24. The van der Waals surface area contributed by atoms with Gasteiger partial charge < -0.3 is 9.31 Å². The molecule has 1 fully saturated rings. The van der Waals surface area contributed by atoms with Gasteiger partial charge in [0.1, 0.15) is 0 Å². The quantitative estimate of drug-likeness (QED) is 0.679. The second kappa shape index (κ2) is 4.69. The fraction of sp³-hybridized carbons (Fsp3) is 1.00. The molecule has 3 heteroatoms. The van der Waals surface area contributed by atoms with Gasteiger partial charge in [-0.3, -0.25) is 0 Å². The number of hydrogen-bond acceptors (Lipinski definition) is 2. The fourth-order valence-corrected chi connectivity index (χ4v) is 2.29. The fourth-order valence-electron chi connectivity index (χ4n) is 2.29. The van der Waals surface area contributed by atoms with Crippen LogP contribution in [0.3, 0.4) is 0 Å². The molecule has 0 aromatic carbocycles. The minimum atomic E-state index is -0.185. The van der Waals surface area contributed by atoms with Crippen LogP contribution in [0.15, 0.2) is 0 Å². The second-order valence-corrected chi connectivity index (χ2v) is 6.66.